The van der Waals surface area contributed by atoms with Gasteiger partial charge in [0.25, 0.3) is 0 Å². The molecule has 0 bridgehead atoms. The van der Waals surface area contributed by atoms with Crippen LogP contribution in [-0.2, 0) is 20.9 Å². The number of hydrogen-bond donors (Lipinski definition) is 1. The Morgan fingerprint density at radius 3 is 2.47 bits per heavy atom. The molecular weight excluding hydrogens is 384 g/mol. The molecule has 2 heterocycles. The number of aliphatic hydroxyl groups excluding tert-OH is 1. The van der Waals surface area contributed by atoms with Gasteiger partial charge in [-0.2, -0.15) is 0 Å². The van der Waals surface area contributed by atoms with Gasteiger partial charge in [-0.15, -0.1) is 0 Å². The highest BCUT2D eigenvalue weighted by Crippen LogP contribution is 2.27. The lowest BCUT2D eigenvalue weighted by Crippen LogP contribution is -2.53. The number of hydrogen-bond acceptors (Lipinski definition) is 5. The lowest BCUT2D eigenvalue weighted by atomic mass is 10.1. The summed E-state index contributed by atoms with van der Waals surface area (Å²) in [6.45, 7) is 7.17. The standard InChI is InChI=1S/C23H34N2O5/c1-23(2,3)30-22(28)25-14-8-12-19(25)21(27)24-13-7-11-18(24)20(26)16-29-15-17-9-5-4-6-10-17/h4-6,9-10,18-20,26H,7-8,11-16H2,1-3H3/t18-,19-,20?/m0/s1. The number of nitrogens with zero attached hydrogens (tertiary/aromatic N) is 2. The molecule has 3 rings (SSSR count). The molecule has 30 heavy (non-hydrogen) atoms. The molecule has 1 N–H and O–H groups in total. The maximum Gasteiger partial charge on any atom is 0.410 e. The molecule has 3 atom stereocenters. The normalized spacial score (nSPS) is 22.9. The van der Waals surface area contributed by atoms with Crippen LogP contribution in [0.25, 0.3) is 0 Å². The molecule has 2 saturated heterocycles. The summed E-state index contributed by atoms with van der Waals surface area (Å²) < 4.78 is 11.2. The average Bonchev–Trinajstić information content (AvgIpc) is 3.36. The highest BCUT2D eigenvalue weighted by molar-refractivity contribution is 5.86. The first-order valence-electron chi connectivity index (χ1n) is 10.9. The number of aliphatic hydroxyl groups is 1. The zero-order valence-corrected chi connectivity index (χ0v) is 18.3. The fourth-order valence-electron chi connectivity index (χ4n) is 4.20. The summed E-state index contributed by atoms with van der Waals surface area (Å²) in [7, 11) is 0. The van der Waals surface area contributed by atoms with Gasteiger partial charge in [-0.3, -0.25) is 9.69 Å². The second-order valence-electron chi connectivity index (χ2n) is 9.14. The van der Waals surface area contributed by atoms with Crippen molar-refractivity contribution in [1.82, 2.24) is 9.80 Å². The van der Waals surface area contributed by atoms with E-state index in [0.29, 0.717) is 26.1 Å². The molecule has 2 amide bonds. The first-order chi connectivity index (χ1) is 14.3. The zero-order valence-electron chi connectivity index (χ0n) is 18.3. The Labute approximate surface area is 178 Å². The number of carbonyl (C=O) groups excluding carboxylic acids is 2. The molecule has 2 fully saturated rings. The lowest BCUT2D eigenvalue weighted by Gasteiger charge is -2.34. The van der Waals surface area contributed by atoms with Crippen LogP contribution >= 0.6 is 0 Å². The van der Waals surface area contributed by atoms with Gasteiger partial charge in [0.2, 0.25) is 5.91 Å². The first kappa shape index (κ1) is 22.6. The summed E-state index contributed by atoms with van der Waals surface area (Å²) >= 11 is 0. The molecule has 0 spiro atoms. The maximum atomic E-state index is 13.3. The second-order valence-corrected chi connectivity index (χ2v) is 9.14. The molecule has 1 unspecified atom stereocenters. The molecule has 0 aromatic heterocycles. The van der Waals surface area contributed by atoms with Gasteiger partial charge in [0.05, 0.1) is 25.4 Å². The Balaban J connectivity index is 1.57. The Kier molecular flexibility index (Phi) is 7.36. The predicted molar refractivity (Wildman–Crippen MR) is 113 cm³/mol. The summed E-state index contributed by atoms with van der Waals surface area (Å²) in [5, 5.41) is 10.7. The molecule has 7 heteroatoms. The Hall–Kier alpha value is -2.12. The fraction of sp³-hybridized carbons (Fsp3) is 0.652. The van der Waals surface area contributed by atoms with Crippen molar-refractivity contribution < 1.29 is 24.2 Å². The number of ether oxygens (including phenoxy) is 2. The van der Waals surface area contributed by atoms with Gasteiger partial charge < -0.3 is 19.5 Å². The summed E-state index contributed by atoms with van der Waals surface area (Å²) in [4.78, 5) is 29.1. The third kappa shape index (κ3) is 5.73. The average molecular weight is 419 g/mol. The van der Waals surface area contributed by atoms with Gasteiger partial charge >= 0.3 is 6.09 Å². The van der Waals surface area contributed by atoms with Crippen LogP contribution in [0.1, 0.15) is 52.0 Å². The van der Waals surface area contributed by atoms with Crippen molar-refractivity contribution in [3.8, 4) is 0 Å². The van der Waals surface area contributed by atoms with E-state index >= 15 is 0 Å². The third-order valence-electron chi connectivity index (χ3n) is 5.59. The Morgan fingerprint density at radius 1 is 1.10 bits per heavy atom. The summed E-state index contributed by atoms with van der Waals surface area (Å²) in [6, 6.07) is 9.00. The summed E-state index contributed by atoms with van der Waals surface area (Å²) in [5.41, 5.74) is 0.443. The van der Waals surface area contributed by atoms with E-state index in [4.69, 9.17) is 9.47 Å². The molecule has 166 valence electrons. The van der Waals surface area contributed by atoms with E-state index in [1.165, 1.54) is 0 Å². The molecule has 0 saturated carbocycles. The molecule has 2 aliphatic rings. The van der Waals surface area contributed by atoms with Crippen LogP contribution in [-0.4, -0.2) is 70.4 Å². The minimum absolute atomic E-state index is 0.0945. The number of rotatable bonds is 6. The largest absolute Gasteiger partial charge is 0.444 e. The topological polar surface area (TPSA) is 79.3 Å². The zero-order chi connectivity index (χ0) is 21.7. The Bertz CT molecular complexity index is 718. The minimum atomic E-state index is -0.753. The van der Waals surface area contributed by atoms with Gasteiger partial charge in [0.15, 0.2) is 0 Å². The number of amides is 2. The quantitative estimate of drug-likeness (QED) is 0.768. The monoisotopic (exact) mass is 418 g/mol. The molecular formula is C23H34N2O5. The van der Waals surface area contributed by atoms with Crippen LogP contribution in [0.4, 0.5) is 4.79 Å². The molecule has 1 aromatic carbocycles. The molecule has 0 radical (unpaired) electrons. The highest BCUT2D eigenvalue weighted by atomic mass is 16.6. The van der Waals surface area contributed by atoms with Gasteiger partial charge in [0, 0.05) is 13.1 Å². The van der Waals surface area contributed by atoms with Crippen LogP contribution in [0.2, 0.25) is 0 Å². The van der Waals surface area contributed by atoms with E-state index in [9.17, 15) is 14.7 Å². The number of likely N-dealkylation sites (tertiary alicyclic amines) is 2. The minimum Gasteiger partial charge on any atom is -0.444 e. The van der Waals surface area contributed by atoms with Gasteiger partial charge in [0.1, 0.15) is 11.6 Å². The maximum absolute atomic E-state index is 13.3. The van der Waals surface area contributed by atoms with E-state index < -0.39 is 23.8 Å². The molecule has 0 aliphatic carbocycles. The van der Waals surface area contributed by atoms with Crippen molar-refractivity contribution >= 4 is 12.0 Å². The van der Waals surface area contributed by atoms with Crippen LogP contribution < -0.4 is 0 Å². The molecule has 7 nitrogen and oxygen atoms in total. The predicted octanol–water partition coefficient (Wildman–Crippen LogP) is 2.95. The first-order valence-corrected chi connectivity index (χ1v) is 10.9. The van der Waals surface area contributed by atoms with Crippen LogP contribution in [0.3, 0.4) is 0 Å². The van der Waals surface area contributed by atoms with E-state index in [2.05, 4.69) is 0 Å². The second kappa shape index (κ2) is 9.79. The van der Waals surface area contributed by atoms with Gasteiger partial charge in [-0.05, 0) is 52.0 Å². The fourth-order valence-corrected chi connectivity index (χ4v) is 4.20. The SMILES string of the molecule is CC(C)(C)OC(=O)N1CCC[C@H]1C(=O)N1CCC[C@H]1C(O)COCc1ccccc1. The molecule has 1 aromatic rings. The van der Waals surface area contributed by atoms with Crippen molar-refractivity contribution in [2.75, 3.05) is 19.7 Å². The summed E-state index contributed by atoms with van der Waals surface area (Å²) in [5.74, 6) is -0.0945. The van der Waals surface area contributed by atoms with Crippen LogP contribution in [0.15, 0.2) is 30.3 Å². The van der Waals surface area contributed by atoms with Crippen molar-refractivity contribution in [2.45, 2.75) is 76.9 Å². The molecule has 2 aliphatic heterocycles. The van der Waals surface area contributed by atoms with E-state index in [1.807, 2.05) is 51.1 Å². The van der Waals surface area contributed by atoms with Crippen molar-refractivity contribution in [2.24, 2.45) is 0 Å². The van der Waals surface area contributed by atoms with Crippen LogP contribution in [0.5, 0.6) is 0 Å². The number of benzene rings is 1. The highest BCUT2D eigenvalue weighted by Gasteiger charge is 2.43. The smallest absolute Gasteiger partial charge is 0.410 e. The Morgan fingerprint density at radius 2 is 1.77 bits per heavy atom. The van der Waals surface area contributed by atoms with Gasteiger partial charge in [-0.1, -0.05) is 30.3 Å². The van der Waals surface area contributed by atoms with Crippen LogP contribution in [0, 0.1) is 0 Å². The number of carbonyl (C=O) groups is 2. The summed E-state index contributed by atoms with van der Waals surface area (Å²) in [6.07, 6.45) is 1.78. The van der Waals surface area contributed by atoms with E-state index in [1.54, 1.807) is 9.80 Å². The van der Waals surface area contributed by atoms with Crippen molar-refractivity contribution in [1.29, 1.82) is 0 Å². The van der Waals surface area contributed by atoms with E-state index in [-0.39, 0.29) is 18.6 Å². The third-order valence-corrected chi connectivity index (χ3v) is 5.59. The van der Waals surface area contributed by atoms with Crippen molar-refractivity contribution in [3.63, 3.8) is 0 Å². The van der Waals surface area contributed by atoms with Crippen molar-refractivity contribution in [3.05, 3.63) is 35.9 Å². The van der Waals surface area contributed by atoms with Gasteiger partial charge in [-0.25, -0.2) is 4.79 Å². The lowest BCUT2D eigenvalue weighted by molar-refractivity contribution is -0.139. The van der Waals surface area contributed by atoms with E-state index in [0.717, 1.165) is 24.8 Å².